The Balaban J connectivity index is 1.78. The van der Waals surface area contributed by atoms with E-state index in [1.54, 1.807) is 0 Å². The lowest BCUT2D eigenvalue weighted by Crippen LogP contribution is -2.39. The molecule has 0 saturated heterocycles. The van der Waals surface area contributed by atoms with E-state index in [9.17, 15) is 0 Å². The highest BCUT2D eigenvalue weighted by Gasteiger charge is 2.06. The smallest absolute Gasteiger partial charge is 0.171 e. The number of aryl methyl sites for hydroxylation is 2. The number of nitrogens with one attached hydrogen (secondary N) is 2. The van der Waals surface area contributed by atoms with Gasteiger partial charge < -0.3 is 15.4 Å². The van der Waals surface area contributed by atoms with Crippen LogP contribution >= 0.6 is 12.2 Å². The van der Waals surface area contributed by atoms with Gasteiger partial charge in [0.2, 0.25) is 0 Å². The average Bonchev–Trinajstić information content (AvgIpc) is 2.49. The van der Waals surface area contributed by atoms with Crippen LogP contribution in [0.2, 0.25) is 0 Å². The van der Waals surface area contributed by atoms with Crippen molar-refractivity contribution < 1.29 is 4.74 Å². The largest absolute Gasteiger partial charge is 0.491 e. The van der Waals surface area contributed by atoms with Gasteiger partial charge in [-0.15, -0.1) is 0 Å². The third kappa shape index (κ3) is 5.04. The minimum atomic E-state index is 0.116. The van der Waals surface area contributed by atoms with E-state index in [2.05, 4.69) is 36.6 Å². The highest BCUT2D eigenvalue weighted by molar-refractivity contribution is 7.80. The molecule has 0 aliphatic heterocycles. The zero-order chi connectivity index (χ0) is 15.9. The summed E-state index contributed by atoms with van der Waals surface area (Å²) in [5.41, 5.74) is 3.48. The summed E-state index contributed by atoms with van der Waals surface area (Å²) in [7, 11) is 0. The molecule has 0 aliphatic rings. The third-order valence-electron chi connectivity index (χ3n) is 3.39. The Morgan fingerprint density at radius 3 is 2.50 bits per heavy atom. The molecule has 2 N–H and O–H groups in total. The first-order valence-electron chi connectivity index (χ1n) is 7.37. The second-order valence-electron chi connectivity index (χ2n) is 5.42. The minimum absolute atomic E-state index is 0.116. The highest BCUT2D eigenvalue weighted by Crippen LogP contribution is 2.16. The van der Waals surface area contributed by atoms with E-state index in [-0.39, 0.29) is 6.04 Å². The van der Waals surface area contributed by atoms with E-state index < -0.39 is 0 Å². The molecule has 116 valence electrons. The quantitative estimate of drug-likeness (QED) is 0.816. The Morgan fingerprint density at radius 1 is 1.09 bits per heavy atom. The van der Waals surface area contributed by atoms with Gasteiger partial charge in [-0.25, -0.2) is 0 Å². The van der Waals surface area contributed by atoms with Gasteiger partial charge in [-0.1, -0.05) is 24.3 Å². The van der Waals surface area contributed by atoms with Crippen molar-refractivity contribution in [3.05, 3.63) is 59.7 Å². The normalized spacial score (nSPS) is 11.6. The molecule has 1 atom stereocenters. The summed E-state index contributed by atoms with van der Waals surface area (Å²) >= 11 is 5.30. The van der Waals surface area contributed by atoms with Crippen molar-refractivity contribution in [2.75, 3.05) is 11.9 Å². The monoisotopic (exact) mass is 314 g/mol. The van der Waals surface area contributed by atoms with Gasteiger partial charge in [0.05, 0.1) is 6.04 Å². The van der Waals surface area contributed by atoms with Crippen LogP contribution in [0.25, 0.3) is 0 Å². The summed E-state index contributed by atoms with van der Waals surface area (Å²) < 4.78 is 5.80. The highest BCUT2D eigenvalue weighted by atomic mass is 32.1. The summed E-state index contributed by atoms with van der Waals surface area (Å²) in [6.45, 7) is 6.78. The summed E-state index contributed by atoms with van der Waals surface area (Å²) in [6.07, 6.45) is 0. The molecule has 0 unspecified atom stereocenters. The molecule has 22 heavy (non-hydrogen) atoms. The van der Waals surface area contributed by atoms with Crippen LogP contribution in [-0.2, 0) is 0 Å². The van der Waals surface area contributed by atoms with E-state index in [0.717, 1.165) is 11.4 Å². The van der Waals surface area contributed by atoms with Crippen molar-refractivity contribution in [1.82, 2.24) is 5.32 Å². The fourth-order valence-electron chi connectivity index (χ4n) is 1.98. The maximum atomic E-state index is 5.80. The van der Waals surface area contributed by atoms with Crippen LogP contribution in [0, 0.1) is 13.8 Å². The molecule has 2 rings (SSSR count). The number of benzene rings is 2. The van der Waals surface area contributed by atoms with Gasteiger partial charge in [0.1, 0.15) is 12.4 Å². The third-order valence-corrected chi connectivity index (χ3v) is 3.61. The van der Waals surface area contributed by atoms with Gasteiger partial charge in [0.25, 0.3) is 0 Å². The molecular weight excluding hydrogens is 292 g/mol. The first kappa shape index (κ1) is 16.3. The Hall–Kier alpha value is -2.07. The van der Waals surface area contributed by atoms with Crippen LogP contribution in [0.1, 0.15) is 18.1 Å². The zero-order valence-electron chi connectivity index (χ0n) is 13.2. The number of rotatable bonds is 5. The fraction of sp³-hybridized carbons (Fsp3) is 0.278. The maximum Gasteiger partial charge on any atom is 0.171 e. The van der Waals surface area contributed by atoms with Gasteiger partial charge in [-0.2, -0.15) is 0 Å². The van der Waals surface area contributed by atoms with Gasteiger partial charge in [-0.3, -0.25) is 0 Å². The molecule has 0 amide bonds. The molecule has 0 heterocycles. The topological polar surface area (TPSA) is 33.3 Å². The van der Waals surface area contributed by atoms with Crippen LogP contribution in [0.3, 0.4) is 0 Å². The van der Waals surface area contributed by atoms with E-state index >= 15 is 0 Å². The molecule has 0 spiro atoms. The molecule has 3 nitrogen and oxygen atoms in total. The predicted octanol–water partition coefficient (Wildman–Crippen LogP) is 4.06. The molecule has 2 aromatic carbocycles. The van der Waals surface area contributed by atoms with E-state index in [0.29, 0.717) is 11.7 Å². The molecular formula is C18H22N2OS. The second kappa shape index (κ2) is 7.80. The SMILES string of the molecule is Cc1ccc(OC[C@@H](C)NC(=S)Nc2ccccc2)cc1C. The lowest BCUT2D eigenvalue weighted by molar-refractivity contribution is 0.287. The molecule has 0 fully saturated rings. The molecule has 0 saturated carbocycles. The van der Waals surface area contributed by atoms with E-state index in [1.807, 2.05) is 43.3 Å². The lowest BCUT2D eigenvalue weighted by Gasteiger charge is -2.18. The molecule has 0 aromatic heterocycles. The molecule has 0 aliphatic carbocycles. The van der Waals surface area contributed by atoms with Crippen LogP contribution < -0.4 is 15.4 Å². The van der Waals surface area contributed by atoms with Crippen molar-refractivity contribution in [2.24, 2.45) is 0 Å². The van der Waals surface area contributed by atoms with Crippen LogP contribution in [0.4, 0.5) is 5.69 Å². The van der Waals surface area contributed by atoms with Crippen molar-refractivity contribution >= 4 is 23.0 Å². The van der Waals surface area contributed by atoms with Crippen LogP contribution in [0.5, 0.6) is 5.75 Å². The summed E-state index contributed by atoms with van der Waals surface area (Å²) in [4.78, 5) is 0. The van der Waals surface area contributed by atoms with Crippen molar-refractivity contribution in [3.8, 4) is 5.75 Å². The van der Waals surface area contributed by atoms with Gasteiger partial charge in [-0.05, 0) is 68.4 Å². The number of anilines is 1. The van der Waals surface area contributed by atoms with Crippen LogP contribution in [-0.4, -0.2) is 17.8 Å². The number of thiocarbonyl (C=S) groups is 1. The Bertz CT molecular complexity index is 628. The zero-order valence-corrected chi connectivity index (χ0v) is 14.0. The maximum absolute atomic E-state index is 5.80. The molecule has 4 heteroatoms. The first-order chi connectivity index (χ1) is 10.5. The van der Waals surface area contributed by atoms with E-state index in [4.69, 9.17) is 17.0 Å². The molecule has 0 radical (unpaired) electrons. The van der Waals surface area contributed by atoms with Gasteiger partial charge in [0.15, 0.2) is 5.11 Å². The number of hydrogen-bond donors (Lipinski definition) is 2. The van der Waals surface area contributed by atoms with Gasteiger partial charge in [0, 0.05) is 5.69 Å². The molecule has 2 aromatic rings. The summed E-state index contributed by atoms with van der Waals surface area (Å²) in [6, 6.07) is 16.1. The lowest BCUT2D eigenvalue weighted by atomic mass is 10.1. The second-order valence-corrected chi connectivity index (χ2v) is 5.83. The van der Waals surface area contributed by atoms with Crippen molar-refractivity contribution in [1.29, 1.82) is 0 Å². The van der Waals surface area contributed by atoms with Crippen molar-refractivity contribution in [3.63, 3.8) is 0 Å². The Labute approximate surface area is 137 Å². The summed E-state index contributed by atoms with van der Waals surface area (Å²) in [5, 5.41) is 6.97. The number of ether oxygens (including phenoxy) is 1. The van der Waals surface area contributed by atoms with Gasteiger partial charge >= 0.3 is 0 Å². The summed E-state index contributed by atoms with van der Waals surface area (Å²) in [5.74, 6) is 0.888. The number of hydrogen-bond acceptors (Lipinski definition) is 2. The fourth-order valence-corrected chi connectivity index (χ4v) is 2.30. The Morgan fingerprint density at radius 2 is 1.82 bits per heavy atom. The molecule has 0 bridgehead atoms. The number of para-hydroxylation sites is 1. The minimum Gasteiger partial charge on any atom is -0.491 e. The standard InChI is InChI=1S/C18H22N2OS/c1-13-9-10-17(11-14(13)2)21-12-15(3)19-18(22)20-16-7-5-4-6-8-16/h4-11,15H,12H2,1-3H3,(H2,19,20,22)/t15-/m1/s1. The first-order valence-corrected chi connectivity index (χ1v) is 7.78. The predicted molar refractivity (Wildman–Crippen MR) is 96.7 cm³/mol. The average molecular weight is 314 g/mol. The van der Waals surface area contributed by atoms with Crippen LogP contribution in [0.15, 0.2) is 48.5 Å². The van der Waals surface area contributed by atoms with Crippen molar-refractivity contribution in [2.45, 2.75) is 26.8 Å². The van der Waals surface area contributed by atoms with E-state index in [1.165, 1.54) is 11.1 Å². The Kier molecular flexibility index (Phi) is 5.78.